The van der Waals surface area contributed by atoms with Gasteiger partial charge in [0.15, 0.2) is 0 Å². The molecule has 0 atom stereocenters. The van der Waals surface area contributed by atoms with Crippen molar-refractivity contribution in [1.29, 1.82) is 0 Å². The number of hydrogen-bond acceptors (Lipinski definition) is 0. The Bertz CT molecular complexity index is 10.9. The zero-order valence-corrected chi connectivity index (χ0v) is 24.2. The second-order valence-electron chi connectivity index (χ2n) is 0. The summed E-state index contributed by atoms with van der Waals surface area (Å²) >= 11 is 0. The van der Waals surface area contributed by atoms with Crippen molar-refractivity contribution in [3.63, 3.8) is 0 Å². The molecule has 0 spiro atoms. The molecule has 0 nitrogen and oxygen atoms in total. The Hall–Kier alpha value is 7.11. The zero-order valence-electron chi connectivity index (χ0n) is 4.31. The summed E-state index contributed by atoms with van der Waals surface area (Å²) in [6.07, 6.45) is 0. The minimum Gasteiger partial charge on any atom is 0 e. The molecule has 86 valence electrons. The van der Waals surface area contributed by atoms with Gasteiger partial charge in [0, 0.05) is 222 Å². The average molecular weight is 975 g/mol. The van der Waals surface area contributed by atoms with Gasteiger partial charge < -0.3 is 0 Å². The second-order valence-corrected chi connectivity index (χ2v) is 0. The van der Waals surface area contributed by atoms with E-state index in [-0.39, 0.29) is 222 Å². The van der Waals surface area contributed by atoms with Crippen molar-refractivity contribution in [2.45, 2.75) is 0 Å². The van der Waals surface area contributed by atoms with Crippen LogP contribution in [0, 0.1) is 0 Å². The van der Waals surface area contributed by atoms with Crippen molar-refractivity contribution in [3.8, 4) is 0 Å². The van der Waals surface area contributed by atoms with Crippen LogP contribution in [0.5, 0.6) is 0 Å². The molecule has 0 aromatic rings. The van der Waals surface area contributed by atoms with Crippen LogP contribution >= 0.6 is 0 Å². The second kappa shape index (κ2) is 87.8. The first-order valence-electron chi connectivity index (χ1n) is 0. The van der Waals surface area contributed by atoms with E-state index in [1.807, 2.05) is 0 Å². The number of hydrogen-bond donors (Lipinski definition) is 0. The summed E-state index contributed by atoms with van der Waals surface area (Å²) in [5.41, 5.74) is 0. The SMILES string of the molecule is [Cu].[Cu].[Cu].[Cu].[Cu].[Cu].[Sn].[Sn].[Sn].[Sn].[Sn]. The van der Waals surface area contributed by atoms with Crippen LogP contribution in [0.15, 0.2) is 0 Å². The molecule has 0 saturated carbocycles. The van der Waals surface area contributed by atoms with Gasteiger partial charge in [0.25, 0.3) is 0 Å². The Morgan fingerprint density at radius 1 is 0.182 bits per heavy atom. The molecule has 0 aliphatic heterocycles. The average Bonchev–Trinajstić information content (AvgIpc) is 0. The molecular weight excluding hydrogens is 975 g/mol. The maximum absolute atomic E-state index is 0. The third kappa shape index (κ3) is 77.3. The molecule has 0 saturated heterocycles. The molecule has 0 aliphatic carbocycles. The van der Waals surface area contributed by atoms with E-state index < -0.39 is 0 Å². The van der Waals surface area contributed by atoms with E-state index >= 15 is 0 Å². The molecule has 0 aromatic heterocycles. The zero-order chi connectivity index (χ0) is 0. The summed E-state index contributed by atoms with van der Waals surface area (Å²) in [5, 5.41) is 0. The molecule has 0 bridgehead atoms. The van der Waals surface area contributed by atoms with Crippen LogP contribution in [-0.4, -0.2) is 120 Å². The van der Waals surface area contributed by atoms with Crippen LogP contribution in [0.1, 0.15) is 0 Å². The van der Waals surface area contributed by atoms with Gasteiger partial charge in [-0.05, 0) is 0 Å². The van der Waals surface area contributed by atoms with Crippen molar-refractivity contribution < 1.29 is 102 Å². The smallest absolute Gasteiger partial charge is 0 e. The summed E-state index contributed by atoms with van der Waals surface area (Å²) in [6, 6.07) is 0. The van der Waals surface area contributed by atoms with Crippen molar-refractivity contribution in [2.75, 3.05) is 0 Å². The van der Waals surface area contributed by atoms with Crippen molar-refractivity contribution in [1.82, 2.24) is 0 Å². The fourth-order valence-corrected chi connectivity index (χ4v) is 0. The van der Waals surface area contributed by atoms with Gasteiger partial charge in [-0.25, -0.2) is 0 Å². The first kappa shape index (κ1) is 105. The summed E-state index contributed by atoms with van der Waals surface area (Å²) in [4.78, 5) is 0. The first-order valence-corrected chi connectivity index (χ1v) is 0. The van der Waals surface area contributed by atoms with Crippen LogP contribution in [-0.2, 0) is 102 Å². The van der Waals surface area contributed by atoms with Gasteiger partial charge >= 0.3 is 0 Å². The quantitative estimate of drug-likeness (QED) is 0.249. The van der Waals surface area contributed by atoms with Crippen molar-refractivity contribution >= 4 is 120 Å². The summed E-state index contributed by atoms with van der Waals surface area (Å²) in [5.74, 6) is 0. The Morgan fingerprint density at radius 3 is 0.182 bits per heavy atom. The molecule has 0 heterocycles. The van der Waals surface area contributed by atoms with Gasteiger partial charge in [-0.3, -0.25) is 0 Å². The monoisotopic (exact) mass is 977 g/mol. The van der Waals surface area contributed by atoms with E-state index in [2.05, 4.69) is 0 Å². The molecule has 0 N–H and O–H groups in total. The summed E-state index contributed by atoms with van der Waals surface area (Å²) in [7, 11) is 0. The van der Waals surface area contributed by atoms with Gasteiger partial charge in [-0.2, -0.15) is 0 Å². The Kier molecular flexibility index (Phi) is 837. The minimum atomic E-state index is 0. The largest absolute Gasteiger partial charge is 0 e. The van der Waals surface area contributed by atoms with Crippen LogP contribution < -0.4 is 0 Å². The Labute approximate surface area is 216 Å². The van der Waals surface area contributed by atoms with E-state index in [0.717, 1.165) is 0 Å². The van der Waals surface area contributed by atoms with E-state index in [4.69, 9.17) is 0 Å². The molecule has 0 amide bonds. The molecule has 0 aromatic carbocycles. The molecule has 11 heteroatoms. The molecular formula is Cu6Sn5. The fourth-order valence-electron chi connectivity index (χ4n) is 0. The van der Waals surface area contributed by atoms with Gasteiger partial charge in [-0.15, -0.1) is 0 Å². The van der Waals surface area contributed by atoms with E-state index in [1.165, 1.54) is 0 Å². The van der Waals surface area contributed by atoms with Crippen LogP contribution in [0.25, 0.3) is 0 Å². The molecule has 0 unspecified atom stereocenters. The first-order chi connectivity index (χ1) is 0. The Morgan fingerprint density at radius 2 is 0.182 bits per heavy atom. The predicted molar refractivity (Wildman–Crippen MR) is 28.8 cm³/mol. The van der Waals surface area contributed by atoms with E-state index in [0.29, 0.717) is 0 Å². The normalized spacial score (nSPS) is 0. The van der Waals surface area contributed by atoms with Crippen LogP contribution in [0.4, 0.5) is 0 Å². The third-order valence-electron chi connectivity index (χ3n) is 0. The third-order valence-corrected chi connectivity index (χ3v) is 0. The topological polar surface area (TPSA) is 0 Å². The Balaban J connectivity index is 0. The van der Waals surface area contributed by atoms with Gasteiger partial charge in [0.05, 0.1) is 0 Å². The van der Waals surface area contributed by atoms with Crippen LogP contribution in [0.2, 0.25) is 0 Å². The molecule has 26 radical (unpaired) electrons. The van der Waals surface area contributed by atoms with Gasteiger partial charge in [-0.1, -0.05) is 0 Å². The molecule has 0 aliphatic rings. The molecule has 0 fully saturated rings. The number of rotatable bonds is 0. The predicted octanol–water partition coefficient (Wildman–Crippen LogP) is -1.92. The summed E-state index contributed by atoms with van der Waals surface area (Å²) < 4.78 is 0. The van der Waals surface area contributed by atoms with Crippen molar-refractivity contribution in [2.24, 2.45) is 0 Å². The van der Waals surface area contributed by atoms with E-state index in [1.54, 1.807) is 0 Å². The van der Waals surface area contributed by atoms with Crippen LogP contribution in [0.3, 0.4) is 0 Å². The summed E-state index contributed by atoms with van der Waals surface area (Å²) in [6.45, 7) is 0. The van der Waals surface area contributed by atoms with E-state index in [9.17, 15) is 0 Å². The maximum Gasteiger partial charge on any atom is 0 e. The maximum atomic E-state index is 0. The molecule has 11 heavy (non-hydrogen) atoms. The fraction of sp³-hybridized carbons (Fsp3) is 0. The minimum absolute atomic E-state index is 0. The van der Waals surface area contributed by atoms with Crippen molar-refractivity contribution in [3.05, 3.63) is 0 Å². The van der Waals surface area contributed by atoms with Gasteiger partial charge in [0.1, 0.15) is 0 Å². The van der Waals surface area contributed by atoms with Gasteiger partial charge in [0.2, 0.25) is 0 Å². The molecule has 0 rings (SSSR count). The standard InChI is InChI=1S/6Cu.5Sn.